The van der Waals surface area contributed by atoms with Gasteiger partial charge in [-0.25, -0.2) is 5.43 Å². The molecule has 0 aliphatic carbocycles. The summed E-state index contributed by atoms with van der Waals surface area (Å²) in [5.74, 6) is -1.91. The average Bonchev–Trinajstić information content (AvgIpc) is 3.62. The number of fused-ring (bicyclic) bond motifs is 7. The van der Waals surface area contributed by atoms with Gasteiger partial charge in [0.2, 0.25) is 11.8 Å². The Labute approximate surface area is 393 Å². The molecule has 5 aromatic rings. The van der Waals surface area contributed by atoms with Crippen LogP contribution in [0.4, 0.5) is 5.69 Å². The second-order valence-corrected chi connectivity index (χ2v) is 19.6. The summed E-state index contributed by atoms with van der Waals surface area (Å²) in [6.45, 7) is 13.1. The number of phenols is 1. The summed E-state index contributed by atoms with van der Waals surface area (Å²) in [5, 5.41) is 20.2. The molecule has 5 atom stereocenters. The fraction of sp³-hybridized carbons (Fsp3) is 0.453. The van der Waals surface area contributed by atoms with Gasteiger partial charge in [0, 0.05) is 67.4 Å². The predicted octanol–water partition coefficient (Wildman–Crippen LogP) is 7.36. The van der Waals surface area contributed by atoms with Gasteiger partial charge in [0.05, 0.1) is 24.1 Å². The third kappa shape index (κ3) is 9.78. The van der Waals surface area contributed by atoms with Crippen LogP contribution in [0.5, 0.6) is 5.75 Å². The number of carbonyl (C=O) groups excluding carboxylic acids is 4. The van der Waals surface area contributed by atoms with Crippen LogP contribution in [0.3, 0.4) is 0 Å². The Bertz CT molecular complexity index is 2670. The minimum absolute atomic E-state index is 0.00658. The summed E-state index contributed by atoms with van der Waals surface area (Å²) in [4.78, 5) is 63.7. The van der Waals surface area contributed by atoms with Gasteiger partial charge in [-0.2, -0.15) is 0 Å². The minimum atomic E-state index is -1.13. The molecule has 3 aromatic carbocycles. The lowest BCUT2D eigenvalue weighted by Gasteiger charge is -2.37. The summed E-state index contributed by atoms with van der Waals surface area (Å²) < 4.78 is 14.2. The number of phenolic OH excluding ortho intramolecular Hbond substituents is 1. The third-order valence-corrected chi connectivity index (χ3v) is 13.7. The molecule has 67 heavy (non-hydrogen) atoms. The number of hydrogen-bond donors (Lipinski definition) is 4. The first-order valence-electron chi connectivity index (χ1n) is 23.7. The van der Waals surface area contributed by atoms with E-state index >= 15 is 0 Å². The van der Waals surface area contributed by atoms with E-state index in [1.165, 1.54) is 9.91 Å². The van der Waals surface area contributed by atoms with Crippen LogP contribution in [0, 0.1) is 11.3 Å². The normalized spacial score (nSPS) is 20.6. The number of cyclic esters (lactones) is 1. The number of esters is 1. The van der Waals surface area contributed by atoms with E-state index < -0.39 is 47.4 Å². The molecule has 14 nitrogen and oxygen atoms in total. The number of likely N-dealkylation sites (N-methyl/N-ethyl adjacent to an activating group) is 1. The van der Waals surface area contributed by atoms with E-state index in [9.17, 15) is 24.3 Å². The van der Waals surface area contributed by atoms with Crippen molar-refractivity contribution >= 4 is 40.3 Å². The molecule has 0 spiro atoms. The van der Waals surface area contributed by atoms with Crippen LogP contribution in [0.15, 0.2) is 79.0 Å². The molecule has 0 saturated carbocycles. The van der Waals surface area contributed by atoms with Gasteiger partial charge in [0.25, 0.3) is 5.91 Å². The molecule has 3 aliphatic rings. The largest absolute Gasteiger partial charge is 0.508 e. The van der Waals surface area contributed by atoms with Gasteiger partial charge >= 0.3 is 5.97 Å². The summed E-state index contributed by atoms with van der Waals surface area (Å²) in [6, 6.07) is 20.1. The lowest BCUT2D eigenvalue weighted by atomic mass is 9.84. The molecule has 1 saturated heterocycles. The summed E-state index contributed by atoms with van der Waals surface area (Å²) in [6.07, 6.45) is 4.36. The number of rotatable bonds is 9. The molecule has 2 aromatic heterocycles. The second kappa shape index (κ2) is 19.5. The Morgan fingerprint density at radius 3 is 2.58 bits per heavy atom. The van der Waals surface area contributed by atoms with Gasteiger partial charge in [-0.15, -0.1) is 0 Å². The summed E-state index contributed by atoms with van der Waals surface area (Å²) >= 11 is 0. The first-order chi connectivity index (χ1) is 32.1. The third-order valence-electron chi connectivity index (χ3n) is 13.7. The number of aromatic hydroxyl groups is 1. The molecule has 354 valence electrons. The van der Waals surface area contributed by atoms with Crippen LogP contribution in [-0.4, -0.2) is 99.7 Å². The number of aryl methyl sites for hydroxylation is 2. The molecule has 0 radical (unpaired) electrons. The number of nitrogens with zero attached hydrogens (tertiary/aromatic N) is 4. The lowest BCUT2D eigenvalue weighted by Crippen LogP contribution is -2.62. The molecule has 3 aliphatic heterocycles. The number of anilines is 1. The molecular weight excluding hydrogens is 847 g/mol. The van der Waals surface area contributed by atoms with E-state index in [1.807, 2.05) is 63.2 Å². The number of hydrazine groups is 1. The highest BCUT2D eigenvalue weighted by Crippen LogP contribution is 2.42. The number of ether oxygens (including phenoxy) is 2. The highest BCUT2D eigenvalue weighted by atomic mass is 16.5. The predicted molar refractivity (Wildman–Crippen MR) is 259 cm³/mol. The molecule has 5 heterocycles. The quantitative estimate of drug-likeness (QED) is 0.110. The molecule has 4 N–H and O–H groups in total. The number of methoxy groups -OCH3 is 1. The number of para-hydroxylation sites is 1. The number of pyridine rings is 1. The Morgan fingerprint density at radius 2 is 1.82 bits per heavy atom. The van der Waals surface area contributed by atoms with Crippen LogP contribution < -0.4 is 16.1 Å². The molecular formula is C53H65N7O7. The van der Waals surface area contributed by atoms with Crippen molar-refractivity contribution in [3.8, 4) is 28.1 Å². The SMILES string of the molecule is CCn1c(-c2cccnc2[C@H](C)OC)c2c3cc(ccc31)-c1cc(O)cc(c1)C[C@H](NC(=O)[C@H](C(C)C)N(C)C(=O)C1CCc3ccccc3N1)C(=O)N1CCC[C@H](N1)C(=O)OCC(C)(C)C2. The average molecular weight is 912 g/mol. The number of hydrogen-bond acceptors (Lipinski definition) is 10. The number of nitrogens with one attached hydrogen (secondary N) is 3. The summed E-state index contributed by atoms with van der Waals surface area (Å²) in [5.41, 5.74) is 11.7. The Hall–Kier alpha value is -6.25. The van der Waals surface area contributed by atoms with Crippen molar-refractivity contribution in [2.75, 3.05) is 32.6 Å². The van der Waals surface area contributed by atoms with E-state index in [1.54, 1.807) is 32.5 Å². The standard InChI is InChI=1S/C53H65N7O7/c1-9-59-45-21-19-35-28-39(45)40(48(59)38-15-12-22-54-46(38)32(4)66-8)29-53(5,6)30-67-52(65)43-17-13-23-60(57-43)51(64)44(26-33-24-36(35)27-37(61)25-33)56-49(62)47(31(2)3)58(7)50(63)42-20-18-34-14-10-11-16-41(34)55-42/h10-12,14-16,19,21-22,24-25,27-28,31-32,42-44,47,55,57,61H,9,13,17-18,20,23,26,29-30H2,1-8H3,(H,56,62)/t32-,42?,43-,44-,47-/m0/s1. The van der Waals surface area contributed by atoms with Gasteiger partial charge in [-0.1, -0.05) is 58.0 Å². The van der Waals surface area contributed by atoms with E-state index in [0.29, 0.717) is 44.3 Å². The molecule has 3 amide bonds. The molecule has 14 heteroatoms. The Morgan fingerprint density at radius 1 is 1.03 bits per heavy atom. The van der Waals surface area contributed by atoms with E-state index in [-0.39, 0.29) is 36.7 Å². The molecule has 1 unspecified atom stereocenters. The van der Waals surface area contributed by atoms with Gasteiger partial charge in [0.15, 0.2) is 0 Å². The first kappa shape index (κ1) is 47.3. The zero-order chi connectivity index (χ0) is 47.7. The van der Waals surface area contributed by atoms with E-state index in [2.05, 4.69) is 59.6 Å². The van der Waals surface area contributed by atoms with Crippen molar-refractivity contribution in [3.05, 3.63) is 101 Å². The maximum atomic E-state index is 14.8. The van der Waals surface area contributed by atoms with E-state index in [4.69, 9.17) is 14.5 Å². The topological polar surface area (TPSA) is 167 Å². The van der Waals surface area contributed by atoms with Gasteiger partial charge in [0.1, 0.15) is 29.9 Å². The number of carbonyl (C=O) groups is 4. The van der Waals surface area contributed by atoms with Crippen molar-refractivity contribution in [1.82, 2.24) is 30.2 Å². The lowest BCUT2D eigenvalue weighted by molar-refractivity contribution is -0.155. The zero-order valence-corrected chi connectivity index (χ0v) is 40.0. The highest BCUT2D eigenvalue weighted by Gasteiger charge is 2.39. The monoisotopic (exact) mass is 911 g/mol. The van der Waals surface area contributed by atoms with Gasteiger partial charge in [-0.3, -0.25) is 29.2 Å². The maximum Gasteiger partial charge on any atom is 0.324 e. The fourth-order valence-corrected chi connectivity index (χ4v) is 10.3. The van der Waals surface area contributed by atoms with Gasteiger partial charge < -0.3 is 34.7 Å². The van der Waals surface area contributed by atoms with Crippen molar-refractivity contribution in [1.29, 1.82) is 0 Å². The first-order valence-corrected chi connectivity index (χ1v) is 23.7. The smallest absolute Gasteiger partial charge is 0.324 e. The Kier molecular flexibility index (Phi) is 13.8. The summed E-state index contributed by atoms with van der Waals surface area (Å²) in [7, 11) is 3.32. The number of amides is 3. The molecule has 1 fully saturated rings. The van der Waals surface area contributed by atoms with Crippen LogP contribution in [0.2, 0.25) is 0 Å². The zero-order valence-electron chi connectivity index (χ0n) is 40.0. The highest BCUT2D eigenvalue weighted by molar-refractivity contribution is 5.96. The van der Waals surface area contributed by atoms with Crippen LogP contribution in [0.25, 0.3) is 33.3 Å². The number of benzene rings is 3. The van der Waals surface area contributed by atoms with Crippen molar-refractivity contribution in [2.45, 2.75) is 117 Å². The van der Waals surface area contributed by atoms with Crippen molar-refractivity contribution < 1.29 is 33.8 Å². The maximum absolute atomic E-state index is 14.8. The van der Waals surface area contributed by atoms with Crippen LogP contribution >= 0.6 is 0 Å². The van der Waals surface area contributed by atoms with Gasteiger partial charge in [-0.05, 0) is 122 Å². The van der Waals surface area contributed by atoms with Crippen molar-refractivity contribution in [3.63, 3.8) is 0 Å². The van der Waals surface area contributed by atoms with Crippen LogP contribution in [0.1, 0.15) is 89.3 Å². The minimum Gasteiger partial charge on any atom is -0.508 e. The fourth-order valence-electron chi connectivity index (χ4n) is 10.3. The molecule has 8 rings (SSSR count). The number of aromatic nitrogens is 2. The Balaban J connectivity index is 1.19. The van der Waals surface area contributed by atoms with Crippen LogP contribution in [-0.2, 0) is 54.5 Å². The van der Waals surface area contributed by atoms with E-state index in [0.717, 1.165) is 62.2 Å². The second-order valence-electron chi connectivity index (χ2n) is 19.6. The van der Waals surface area contributed by atoms with Crippen molar-refractivity contribution in [2.24, 2.45) is 11.3 Å². The molecule has 6 bridgehead atoms.